The Morgan fingerprint density at radius 2 is 1.21 bits per heavy atom. The van der Waals surface area contributed by atoms with Crippen molar-refractivity contribution in [2.75, 3.05) is 13.2 Å². The van der Waals surface area contributed by atoms with E-state index in [1.54, 1.807) is 0 Å². The van der Waals surface area contributed by atoms with Crippen LogP contribution in [0.2, 0.25) is 18.6 Å². The third kappa shape index (κ3) is 9.77. The van der Waals surface area contributed by atoms with E-state index in [0.29, 0.717) is 19.4 Å². The zero-order chi connectivity index (χ0) is 34.2. The van der Waals surface area contributed by atoms with Crippen molar-refractivity contribution in [3.05, 3.63) is 138 Å². The molecular weight excluding hydrogens is 611 g/mol. The van der Waals surface area contributed by atoms with Gasteiger partial charge >= 0.3 is 5.97 Å². The minimum atomic E-state index is -1.97. The molecular formula is C42H53NO4Si. The maximum atomic E-state index is 14.0. The van der Waals surface area contributed by atoms with E-state index in [4.69, 9.17) is 9.47 Å². The Balaban J connectivity index is 1.64. The molecule has 0 saturated heterocycles. The van der Waals surface area contributed by atoms with Gasteiger partial charge in [0.2, 0.25) is 5.91 Å². The minimum Gasteiger partial charge on any atom is -0.466 e. The van der Waals surface area contributed by atoms with Crippen LogP contribution in [-0.2, 0) is 24.7 Å². The number of hydrogen-bond acceptors (Lipinski definition) is 4. The number of benzene rings is 4. The molecule has 0 bridgehead atoms. The largest absolute Gasteiger partial charge is 0.466 e. The number of unbranched alkanes of at least 4 members (excludes halogenated alkanes) is 2. The van der Waals surface area contributed by atoms with Crippen molar-refractivity contribution in [2.45, 2.75) is 89.1 Å². The maximum absolute atomic E-state index is 14.0. The standard InChI is InChI=1S/C42H53NO4Si/c1-5-7-12-29-39(48(3,4)38-27-19-11-20-28-38)32-40(44)43-37(30-31-41(45)46-6-2)33-47-42(34-21-13-8-14-22-34,35-23-15-9-16-24-35)36-25-17-10-18-26-36/h8-11,13-28,37,39H,5-7,12,29-33H2,1-4H3,(H,43,44)/t37-,39-/m0/s1. The lowest BCUT2D eigenvalue weighted by atomic mass is 9.80. The van der Waals surface area contributed by atoms with Gasteiger partial charge in [-0.2, -0.15) is 0 Å². The molecule has 0 unspecified atom stereocenters. The first-order chi connectivity index (χ1) is 23.3. The topological polar surface area (TPSA) is 64.6 Å². The van der Waals surface area contributed by atoms with Gasteiger partial charge in [0.25, 0.3) is 0 Å². The quantitative estimate of drug-likeness (QED) is 0.0472. The van der Waals surface area contributed by atoms with E-state index < -0.39 is 19.7 Å². The molecule has 1 N–H and O–H groups in total. The van der Waals surface area contributed by atoms with Crippen LogP contribution in [0.4, 0.5) is 0 Å². The van der Waals surface area contributed by atoms with Crippen molar-refractivity contribution in [3.63, 3.8) is 0 Å². The number of carbonyl (C=O) groups excluding carboxylic acids is 2. The van der Waals surface area contributed by atoms with Crippen LogP contribution in [0.15, 0.2) is 121 Å². The van der Waals surface area contributed by atoms with Gasteiger partial charge in [-0.1, -0.05) is 172 Å². The molecule has 0 aromatic heterocycles. The Labute approximate surface area is 289 Å². The molecule has 0 spiro atoms. The number of esters is 1. The zero-order valence-corrected chi connectivity index (χ0v) is 30.2. The van der Waals surface area contributed by atoms with Crippen LogP contribution in [0, 0.1) is 0 Å². The van der Waals surface area contributed by atoms with Gasteiger partial charge < -0.3 is 14.8 Å². The average molecular weight is 664 g/mol. The SMILES string of the molecule is CCCCC[C@@H](CC(=O)N[C@@H](CCC(=O)OCC)COC(c1ccccc1)(c1ccccc1)c1ccccc1)[Si](C)(C)c1ccccc1. The summed E-state index contributed by atoms with van der Waals surface area (Å²) in [4.78, 5) is 26.6. The molecule has 254 valence electrons. The van der Waals surface area contributed by atoms with E-state index in [1.165, 1.54) is 5.19 Å². The van der Waals surface area contributed by atoms with Gasteiger partial charge in [0.15, 0.2) is 0 Å². The second kappa shape index (κ2) is 18.5. The van der Waals surface area contributed by atoms with Gasteiger partial charge in [0.05, 0.1) is 27.3 Å². The molecule has 4 aromatic rings. The fourth-order valence-corrected chi connectivity index (χ4v) is 9.83. The van der Waals surface area contributed by atoms with E-state index in [2.05, 4.69) is 92.1 Å². The highest BCUT2D eigenvalue weighted by atomic mass is 28.3. The maximum Gasteiger partial charge on any atom is 0.305 e. The summed E-state index contributed by atoms with van der Waals surface area (Å²) in [5, 5.41) is 4.71. The summed E-state index contributed by atoms with van der Waals surface area (Å²) in [6.07, 6.45) is 5.51. The second-order valence-corrected chi connectivity index (χ2v) is 18.0. The average Bonchev–Trinajstić information content (AvgIpc) is 3.12. The lowest BCUT2D eigenvalue weighted by Crippen LogP contribution is -2.48. The molecule has 48 heavy (non-hydrogen) atoms. The molecule has 5 nitrogen and oxygen atoms in total. The second-order valence-electron chi connectivity index (χ2n) is 13.2. The number of amides is 1. The van der Waals surface area contributed by atoms with Gasteiger partial charge in [-0.3, -0.25) is 9.59 Å². The van der Waals surface area contributed by atoms with Crippen molar-refractivity contribution in [1.29, 1.82) is 0 Å². The van der Waals surface area contributed by atoms with Crippen molar-refractivity contribution in [2.24, 2.45) is 0 Å². The lowest BCUT2D eigenvalue weighted by Gasteiger charge is -2.37. The van der Waals surface area contributed by atoms with Gasteiger partial charge in [-0.05, 0) is 35.6 Å². The normalized spacial score (nSPS) is 13.0. The van der Waals surface area contributed by atoms with Crippen molar-refractivity contribution < 1.29 is 19.1 Å². The van der Waals surface area contributed by atoms with Crippen LogP contribution >= 0.6 is 0 Å². The first kappa shape index (κ1) is 36.8. The number of nitrogens with one attached hydrogen (secondary N) is 1. The first-order valence-electron chi connectivity index (χ1n) is 17.6. The number of ether oxygens (including phenoxy) is 2. The van der Waals surface area contributed by atoms with Crippen LogP contribution in [0.5, 0.6) is 0 Å². The van der Waals surface area contributed by atoms with Gasteiger partial charge in [0, 0.05) is 12.8 Å². The van der Waals surface area contributed by atoms with Gasteiger partial charge in [-0.15, -0.1) is 0 Å². The number of rotatable bonds is 19. The Hall–Kier alpha value is -4.00. The van der Waals surface area contributed by atoms with Crippen LogP contribution in [-0.4, -0.2) is 39.2 Å². The predicted molar refractivity (Wildman–Crippen MR) is 199 cm³/mol. The van der Waals surface area contributed by atoms with Crippen molar-refractivity contribution in [3.8, 4) is 0 Å². The van der Waals surface area contributed by atoms with Crippen molar-refractivity contribution >= 4 is 25.1 Å². The summed E-state index contributed by atoms with van der Waals surface area (Å²) in [6, 6.07) is 41.0. The fraction of sp³-hybridized carbons (Fsp3) is 0.381. The molecule has 0 radical (unpaired) electrons. The molecule has 6 heteroatoms. The highest BCUT2D eigenvalue weighted by Crippen LogP contribution is 2.40. The summed E-state index contributed by atoms with van der Waals surface area (Å²) in [5.41, 5.74) is 2.33. The van der Waals surface area contributed by atoms with Crippen LogP contribution < -0.4 is 10.5 Å². The lowest BCUT2D eigenvalue weighted by molar-refractivity contribution is -0.143. The van der Waals surface area contributed by atoms with E-state index in [9.17, 15) is 9.59 Å². The highest BCUT2D eigenvalue weighted by molar-refractivity contribution is 6.91. The van der Waals surface area contributed by atoms with Gasteiger partial charge in [-0.25, -0.2) is 0 Å². The van der Waals surface area contributed by atoms with E-state index in [-0.39, 0.29) is 30.4 Å². The molecule has 1 amide bonds. The molecule has 0 saturated carbocycles. The van der Waals surface area contributed by atoms with Crippen molar-refractivity contribution in [1.82, 2.24) is 5.32 Å². The summed E-state index contributed by atoms with van der Waals surface area (Å²) < 4.78 is 12.4. The number of hydrogen-bond donors (Lipinski definition) is 1. The molecule has 0 heterocycles. The van der Waals surface area contributed by atoms with E-state index in [0.717, 1.165) is 42.4 Å². The Bertz CT molecular complexity index is 1420. The Morgan fingerprint density at radius 1 is 0.708 bits per heavy atom. The molecule has 0 aliphatic rings. The molecule has 4 aromatic carbocycles. The van der Waals surface area contributed by atoms with Crippen LogP contribution in [0.25, 0.3) is 0 Å². The van der Waals surface area contributed by atoms with E-state index >= 15 is 0 Å². The van der Waals surface area contributed by atoms with Crippen LogP contribution in [0.3, 0.4) is 0 Å². The number of carbonyl (C=O) groups is 2. The molecule has 0 aliphatic heterocycles. The summed E-state index contributed by atoms with van der Waals surface area (Å²) in [6.45, 7) is 9.35. The molecule has 2 atom stereocenters. The third-order valence-electron chi connectivity index (χ3n) is 9.54. The zero-order valence-electron chi connectivity index (χ0n) is 29.2. The predicted octanol–water partition coefficient (Wildman–Crippen LogP) is 8.78. The monoisotopic (exact) mass is 663 g/mol. The summed E-state index contributed by atoms with van der Waals surface area (Å²) >= 11 is 0. The Morgan fingerprint density at radius 3 is 1.69 bits per heavy atom. The smallest absolute Gasteiger partial charge is 0.305 e. The fourth-order valence-electron chi connectivity index (χ4n) is 6.69. The molecule has 0 aliphatic carbocycles. The Kier molecular flexibility index (Phi) is 14.2. The molecule has 0 fully saturated rings. The minimum absolute atomic E-state index is 0.00944. The first-order valence-corrected chi connectivity index (χ1v) is 20.7. The summed E-state index contributed by atoms with van der Waals surface area (Å²) in [7, 11) is -1.97. The van der Waals surface area contributed by atoms with E-state index in [1.807, 2.05) is 61.5 Å². The third-order valence-corrected chi connectivity index (χ3v) is 13.9. The summed E-state index contributed by atoms with van der Waals surface area (Å²) in [5.74, 6) is -0.262. The highest BCUT2D eigenvalue weighted by Gasteiger charge is 2.39. The van der Waals surface area contributed by atoms with Crippen LogP contribution in [0.1, 0.15) is 75.5 Å². The van der Waals surface area contributed by atoms with Gasteiger partial charge in [0.1, 0.15) is 5.60 Å². The molecule has 4 rings (SSSR count).